The number of H-pyrrole nitrogens is 1. The second-order valence-corrected chi connectivity index (χ2v) is 41.4. The molecule has 8 heterocycles. The number of rotatable bonds is 27. The number of carbonyl (C=O) groups is 8. The first-order chi connectivity index (χ1) is 63.4. The second-order valence-electron chi connectivity index (χ2n) is 38.2. The predicted molar refractivity (Wildman–Crippen MR) is 493 cm³/mol. The van der Waals surface area contributed by atoms with Crippen LogP contribution >= 0.6 is 39.1 Å². The molecule has 6 saturated carbocycles. The molecule has 16 atom stereocenters. The third-order valence-corrected chi connectivity index (χ3v) is 30.5. The summed E-state index contributed by atoms with van der Waals surface area (Å²) >= 11 is 16.7. The first kappa shape index (κ1) is 97.3. The molecule has 7 aromatic rings. The number of ether oxygens (including phenoxy) is 8. The van der Waals surface area contributed by atoms with Crippen molar-refractivity contribution in [2.45, 2.75) is 261 Å². The van der Waals surface area contributed by atoms with Gasteiger partial charge in [-0.1, -0.05) is 103 Å². The van der Waals surface area contributed by atoms with Gasteiger partial charge in [-0.05, 0) is 189 Å². The summed E-state index contributed by atoms with van der Waals surface area (Å²) in [6, 6.07) is 15.2. The van der Waals surface area contributed by atoms with E-state index in [-0.39, 0.29) is 139 Å². The van der Waals surface area contributed by atoms with Gasteiger partial charge in [-0.15, -0.1) is 0 Å². The molecule has 4 N–H and O–H groups in total. The maximum absolute atomic E-state index is 14.8. The molecule has 2 amide bonds. The van der Waals surface area contributed by atoms with Crippen molar-refractivity contribution in [3.05, 3.63) is 97.9 Å². The Kier molecular flexibility index (Phi) is 31.5. The third-order valence-electron chi connectivity index (χ3n) is 27.9. The zero-order chi connectivity index (χ0) is 93.5. The van der Waals surface area contributed by atoms with Gasteiger partial charge in [0.05, 0.1) is 96.0 Å². The van der Waals surface area contributed by atoms with E-state index in [0.717, 1.165) is 103 Å². The van der Waals surface area contributed by atoms with Gasteiger partial charge in [-0.25, -0.2) is 4.98 Å². The lowest BCUT2D eigenvalue weighted by Crippen LogP contribution is -2.45. The summed E-state index contributed by atoms with van der Waals surface area (Å²) in [4.78, 5) is 142. The highest BCUT2D eigenvalue weighted by molar-refractivity contribution is 9.10. The van der Waals surface area contributed by atoms with E-state index >= 15 is 0 Å². The molecule has 4 aromatic heterocycles. The highest BCUT2D eigenvalue weighted by atomic mass is 79.9. The monoisotopic (exact) mass is 1950 g/mol. The molecule has 714 valence electrons. The standard InChI is InChI=1S/C45H57ClN4O10.C34H44BrNO9S.C18H20ClN3O4/c1-25(2)47-44-49-34(24-58-44)33-20-38(32-11-12-37(57-14-13-56-3)40(46)41(32)48-33)59-31-19-35-36(51)22-45(43(54)55)21-29(45)10-8-6-4-5-7-9-26(42(53)50(35)23-31)18-39(52)60-30-16-27-15-28(27)17-30;1-43-33(40)34-18-24(34)8-6-4-2-3-5-7-21(16-31(38)44-26-14-22-13-23(22)15-26)32(39)36-20-27(17-29(36)30(37)19-34)45-46(41,42)28-11-9-25(35)10-12-28;1-10(2)20-18-22-13(9-26-18)12-8-14(23)11-4-5-15(25-7-6-24-3)16(19)17(11)21-12/h11-12,20,24-31,35H,4-10,13-19,21-23H2,1-3H3,(H,47,49)(H,54,55);9-12,21-24,26-27,29H,2-8,13-20H2,1H3;4-5,8-10H,6-7H2,1-3H3,(H,20,22)(H,21,23)/t26-,27-,28+,29-,30?,31-,35+,45-;21-,22-,23+,24-,26?,27+,29+,34-;/m11./s1. The van der Waals surface area contributed by atoms with Crippen molar-refractivity contribution in [3.8, 4) is 40.0 Å². The summed E-state index contributed by atoms with van der Waals surface area (Å²) in [5.74, 6) is -0.979. The maximum Gasteiger partial charge on any atom is 0.312 e. The number of hydrogen-bond donors (Lipinski definition) is 4. The Balaban J connectivity index is 0.000000163. The minimum absolute atomic E-state index is 0.0235. The molecule has 0 bridgehead atoms. The molecular formula is C97H121BrCl2N8O23S. The topological polar surface area (TPSA) is 402 Å². The van der Waals surface area contributed by atoms with Crippen LogP contribution in [0.4, 0.5) is 12.0 Å². The number of methoxy groups -OCH3 is 3. The van der Waals surface area contributed by atoms with E-state index in [1.54, 1.807) is 61.6 Å². The highest BCUT2D eigenvalue weighted by Gasteiger charge is 2.64. The van der Waals surface area contributed by atoms with Gasteiger partial charge in [0.15, 0.2) is 17.0 Å². The number of carbonyl (C=O) groups excluding carboxylic acids is 7. The quantitative estimate of drug-likeness (QED) is 0.0161. The van der Waals surface area contributed by atoms with Gasteiger partial charge in [0.1, 0.15) is 82.7 Å². The summed E-state index contributed by atoms with van der Waals surface area (Å²) in [6.45, 7) is 9.27. The number of nitrogens with one attached hydrogen (secondary N) is 3. The Hall–Kier alpha value is -9.25. The van der Waals surface area contributed by atoms with Gasteiger partial charge >= 0.3 is 23.9 Å². The van der Waals surface area contributed by atoms with Crippen molar-refractivity contribution < 1.29 is 103 Å². The van der Waals surface area contributed by atoms with E-state index in [1.165, 1.54) is 55.6 Å². The molecule has 17 rings (SSSR count). The Morgan fingerprint density at radius 1 is 0.561 bits per heavy atom. The summed E-state index contributed by atoms with van der Waals surface area (Å²) in [5, 5.41) is 18.3. The van der Waals surface area contributed by atoms with Crippen LogP contribution in [0.5, 0.6) is 17.2 Å². The van der Waals surface area contributed by atoms with Crippen LogP contribution in [0.15, 0.2) is 96.2 Å². The number of nitrogens with zero attached hydrogens (tertiary/aromatic N) is 5. The number of Topliss-reactive ketones (excluding diaryl/α,β-unsaturated/α-hetero) is 2. The molecule has 4 saturated heterocycles. The Bertz CT molecular complexity index is 5520. The predicted octanol–water partition coefficient (Wildman–Crippen LogP) is 16.9. The minimum Gasteiger partial charge on any atom is -0.490 e. The van der Waals surface area contributed by atoms with E-state index in [4.69, 9.17) is 79.1 Å². The van der Waals surface area contributed by atoms with Gasteiger partial charge in [-0.3, -0.25) is 47.3 Å². The van der Waals surface area contributed by atoms with Crippen LogP contribution in [-0.4, -0.2) is 200 Å². The number of pyridine rings is 2. The van der Waals surface area contributed by atoms with Crippen molar-refractivity contribution in [1.82, 2.24) is 29.7 Å². The molecule has 0 spiro atoms. The molecule has 4 aliphatic heterocycles. The maximum atomic E-state index is 14.8. The SMILES string of the molecule is COC(=O)[C@]12CC(=O)[C@@H]3C[C@H](OS(=O)(=O)c4ccc(Br)cc4)CN3C(=O)[C@@H](CC(=O)OC3C[C@@H]4C[C@@H]4C3)CCCCCCC[C@@H]1C2.COCCOc1ccc2c(=O)cc(-c3coc(NC(C)C)n3)[nH]c2c1Cl.COCCOc1ccc2c(O[C@@H]3C[C@H]4C(=O)C[C@]5(C(=O)O)C[C@H]5CCCCCCC[C@H](CC(=O)OC5C[C@@H]6C[C@@H]6C5)C(=O)N4C3)cc(-c3coc(NC(C)C)n3)nc2c1Cl. The van der Waals surface area contributed by atoms with Crippen molar-refractivity contribution in [2.75, 3.05) is 71.5 Å². The first-order valence-electron chi connectivity index (χ1n) is 46.8. The number of amides is 2. The number of anilines is 2. The zero-order valence-corrected chi connectivity index (χ0v) is 79.8. The molecule has 3 aromatic carbocycles. The summed E-state index contributed by atoms with van der Waals surface area (Å²) in [7, 11) is 0.308. The van der Waals surface area contributed by atoms with Crippen LogP contribution in [0.2, 0.25) is 10.0 Å². The molecule has 0 radical (unpaired) electrons. The van der Waals surface area contributed by atoms with Crippen LogP contribution in [0, 0.1) is 58.2 Å². The number of aliphatic carboxylic acids is 1. The number of esters is 3. The lowest BCUT2D eigenvalue weighted by molar-refractivity contribution is -0.155. The van der Waals surface area contributed by atoms with Gasteiger partial charge in [-0.2, -0.15) is 18.4 Å². The fourth-order valence-electron chi connectivity index (χ4n) is 20.6. The summed E-state index contributed by atoms with van der Waals surface area (Å²) < 4.78 is 89.1. The number of aromatic amines is 1. The zero-order valence-electron chi connectivity index (χ0n) is 75.9. The number of carboxylic acids is 1. The van der Waals surface area contributed by atoms with Gasteiger partial charge in [0.2, 0.25) is 11.8 Å². The number of halogens is 3. The summed E-state index contributed by atoms with van der Waals surface area (Å²) in [5.41, 5.74) is 0.524. The van der Waals surface area contributed by atoms with Crippen molar-refractivity contribution in [1.29, 1.82) is 0 Å². The van der Waals surface area contributed by atoms with Crippen molar-refractivity contribution >= 4 is 130 Å². The Labute approximate surface area is 786 Å². The molecule has 31 nitrogen and oxygen atoms in total. The lowest BCUT2D eigenvalue weighted by Gasteiger charge is -2.29. The molecule has 6 aliphatic carbocycles. The minimum atomic E-state index is -4.19. The number of carboxylic acid groups (broad SMARTS) is 1. The fraction of sp³-hybridized carbons (Fsp3) is 0.608. The largest absolute Gasteiger partial charge is 0.490 e. The molecule has 35 heteroatoms. The number of benzene rings is 3. The summed E-state index contributed by atoms with van der Waals surface area (Å²) in [6.07, 6.45) is 19.4. The van der Waals surface area contributed by atoms with Gasteiger partial charge in [0, 0.05) is 97.7 Å². The molecular weight excluding hydrogens is 1830 g/mol. The fourth-order valence-corrected chi connectivity index (χ4v) is 22.5. The first-order valence-corrected chi connectivity index (χ1v) is 49.8. The number of hydrogen-bond acceptors (Lipinski definition) is 27. The Morgan fingerprint density at radius 2 is 1.05 bits per heavy atom. The third kappa shape index (κ3) is 23.4. The van der Waals surface area contributed by atoms with E-state index in [2.05, 4.69) is 41.5 Å². The smallest absolute Gasteiger partial charge is 0.312 e. The number of ketones is 2. The Morgan fingerprint density at radius 3 is 1.58 bits per heavy atom. The van der Waals surface area contributed by atoms with E-state index in [0.29, 0.717) is 153 Å². The van der Waals surface area contributed by atoms with Crippen LogP contribution in [0.1, 0.15) is 207 Å². The van der Waals surface area contributed by atoms with Crippen molar-refractivity contribution in [2.24, 2.45) is 58.2 Å². The number of oxazole rings is 2. The average molecular weight is 1950 g/mol. The highest BCUT2D eigenvalue weighted by Crippen LogP contribution is 2.61. The number of aromatic nitrogens is 4. The molecule has 132 heavy (non-hydrogen) atoms. The lowest BCUT2D eigenvalue weighted by atomic mass is 9.90. The van der Waals surface area contributed by atoms with Crippen LogP contribution in [0.25, 0.3) is 44.6 Å². The normalized spacial score (nSPS) is 27.7. The molecule has 2 unspecified atom stereocenters. The van der Waals surface area contributed by atoms with Gasteiger partial charge in [0.25, 0.3) is 22.1 Å². The van der Waals surface area contributed by atoms with E-state index in [1.807, 2.05) is 27.7 Å². The van der Waals surface area contributed by atoms with Crippen LogP contribution in [-0.2, 0) is 76.3 Å². The average Bonchev–Trinajstić information content (AvgIpc) is 1.57. The van der Waals surface area contributed by atoms with E-state index in [9.17, 15) is 56.7 Å². The van der Waals surface area contributed by atoms with Crippen LogP contribution < -0.4 is 30.3 Å². The van der Waals surface area contributed by atoms with Gasteiger partial charge < -0.3 is 77.3 Å². The molecule has 10 aliphatic rings. The molecule has 10 fully saturated rings. The van der Waals surface area contributed by atoms with E-state index < -0.39 is 75.0 Å². The van der Waals surface area contributed by atoms with Crippen LogP contribution in [0.3, 0.4) is 0 Å². The second kappa shape index (κ2) is 42.8. The van der Waals surface area contributed by atoms with Crippen molar-refractivity contribution in [3.63, 3.8) is 0 Å². The number of fused-ring (bicyclic) bond motifs is 8.